The zero-order valence-corrected chi connectivity index (χ0v) is 13.8. The summed E-state index contributed by atoms with van der Waals surface area (Å²) >= 11 is 3.57. The molecule has 3 rings (SSSR count). The molecular formula is C20H14BrFO. The van der Waals surface area contributed by atoms with Crippen LogP contribution in [-0.2, 0) is 0 Å². The van der Waals surface area contributed by atoms with Gasteiger partial charge >= 0.3 is 0 Å². The van der Waals surface area contributed by atoms with Crippen molar-refractivity contribution in [2.75, 3.05) is 0 Å². The molecule has 0 fully saturated rings. The molecule has 0 bridgehead atoms. The number of phenols is 1. The van der Waals surface area contributed by atoms with Gasteiger partial charge in [-0.25, -0.2) is 4.39 Å². The van der Waals surface area contributed by atoms with Crippen LogP contribution in [0.15, 0.2) is 78.9 Å². The van der Waals surface area contributed by atoms with E-state index in [-0.39, 0.29) is 11.6 Å². The van der Waals surface area contributed by atoms with Crippen molar-refractivity contribution in [3.05, 3.63) is 101 Å². The molecule has 3 heteroatoms. The van der Waals surface area contributed by atoms with Gasteiger partial charge in [0.15, 0.2) is 0 Å². The Morgan fingerprint density at radius 2 is 1.30 bits per heavy atom. The number of aromatic hydroxyl groups is 1. The summed E-state index contributed by atoms with van der Waals surface area (Å²) in [5, 5.41) is 9.52. The minimum atomic E-state index is -0.286. The van der Waals surface area contributed by atoms with Crippen LogP contribution in [0.1, 0.15) is 16.7 Å². The summed E-state index contributed by atoms with van der Waals surface area (Å²) in [7, 11) is 0. The highest BCUT2D eigenvalue weighted by Crippen LogP contribution is 2.37. The van der Waals surface area contributed by atoms with Crippen molar-refractivity contribution in [3.63, 3.8) is 0 Å². The first-order valence-electron chi connectivity index (χ1n) is 7.16. The highest BCUT2D eigenvalue weighted by Gasteiger charge is 2.14. The fourth-order valence-electron chi connectivity index (χ4n) is 2.43. The van der Waals surface area contributed by atoms with E-state index in [1.807, 2.05) is 42.5 Å². The molecule has 23 heavy (non-hydrogen) atoms. The van der Waals surface area contributed by atoms with Crippen LogP contribution in [0.2, 0.25) is 0 Å². The number of halogens is 2. The van der Waals surface area contributed by atoms with Crippen molar-refractivity contribution >= 4 is 26.0 Å². The van der Waals surface area contributed by atoms with Crippen molar-refractivity contribution in [1.29, 1.82) is 0 Å². The smallest absolute Gasteiger partial charge is 0.131 e. The first kappa shape index (κ1) is 15.5. The highest BCUT2D eigenvalue weighted by molar-refractivity contribution is 9.15. The van der Waals surface area contributed by atoms with Crippen molar-refractivity contribution in [1.82, 2.24) is 0 Å². The molecule has 0 unspecified atom stereocenters. The summed E-state index contributed by atoms with van der Waals surface area (Å²) < 4.78 is 14.9. The van der Waals surface area contributed by atoms with Gasteiger partial charge in [0.25, 0.3) is 0 Å². The second-order valence-corrected chi connectivity index (χ2v) is 5.87. The van der Waals surface area contributed by atoms with Crippen LogP contribution in [0.25, 0.3) is 10.1 Å². The molecular weight excluding hydrogens is 355 g/mol. The zero-order chi connectivity index (χ0) is 16.2. The number of rotatable bonds is 3. The molecule has 1 N–H and O–H groups in total. The molecule has 3 aromatic rings. The van der Waals surface area contributed by atoms with E-state index in [2.05, 4.69) is 15.9 Å². The topological polar surface area (TPSA) is 20.2 Å². The Balaban J connectivity index is 2.25. The van der Waals surface area contributed by atoms with E-state index in [0.717, 1.165) is 16.7 Å². The molecule has 0 aliphatic carbocycles. The Hall–Kier alpha value is -2.39. The Kier molecular flexibility index (Phi) is 4.58. The standard InChI is InChI=1S/C20H14BrFO/c21-20(17-8-4-5-9-18(17)22)19(14-6-2-1-3-7-14)15-10-12-16(23)13-11-15/h1-13,23H/b20-19-. The van der Waals surface area contributed by atoms with Gasteiger partial charge in [0, 0.05) is 15.6 Å². The third-order valence-electron chi connectivity index (χ3n) is 3.55. The van der Waals surface area contributed by atoms with Gasteiger partial charge < -0.3 is 5.11 Å². The minimum Gasteiger partial charge on any atom is -0.508 e. The first-order chi connectivity index (χ1) is 11.2. The average molecular weight is 369 g/mol. The second-order valence-electron chi connectivity index (χ2n) is 5.08. The number of hydrogen-bond donors (Lipinski definition) is 1. The molecule has 0 aliphatic heterocycles. The largest absolute Gasteiger partial charge is 0.508 e. The predicted octanol–water partition coefficient (Wildman–Crippen LogP) is 5.84. The van der Waals surface area contributed by atoms with Crippen LogP contribution in [0.5, 0.6) is 5.75 Å². The number of benzene rings is 3. The summed E-state index contributed by atoms with van der Waals surface area (Å²) in [6, 6.07) is 23.3. The molecule has 0 aliphatic rings. The van der Waals surface area contributed by atoms with E-state index in [0.29, 0.717) is 10.0 Å². The van der Waals surface area contributed by atoms with Gasteiger partial charge in [-0.05, 0) is 45.3 Å². The molecule has 0 amide bonds. The van der Waals surface area contributed by atoms with E-state index in [9.17, 15) is 9.50 Å². The van der Waals surface area contributed by atoms with Crippen LogP contribution in [0.3, 0.4) is 0 Å². The Morgan fingerprint density at radius 3 is 1.96 bits per heavy atom. The lowest BCUT2D eigenvalue weighted by Gasteiger charge is -2.13. The van der Waals surface area contributed by atoms with E-state index in [1.54, 1.807) is 30.3 Å². The summed E-state index contributed by atoms with van der Waals surface area (Å²) in [6.07, 6.45) is 0. The molecule has 0 heterocycles. The fourth-order valence-corrected chi connectivity index (χ4v) is 3.21. The van der Waals surface area contributed by atoms with Gasteiger partial charge in [-0.3, -0.25) is 0 Å². The molecule has 114 valence electrons. The Labute approximate surface area is 142 Å². The maximum Gasteiger partial charge on any atom is 0.131 e. The van der Waals surface area contributed by atoms with Gasteiger partial charge in [-0.2, -0.15) is 0 Å². The third kappa shape index (κ3) is 3.35. The molecule has 0 saturated heterocycles. The SMILES string of the molecule is Oc1ccc(/C(=C(\Br)c2ccccc2F)c2ccccc2)cc1. The van der Waals surface area contributed by atoms with E-state index < -0.39 is 0 Å². The van der Waals surface area contributed by atoms with Crippen molar-refractivity contribution in [2.45, 2.75) is 0 Å². The zero-order valence-electron chi connectivity index (χ0n) is 12.2. The normalized spacial score (nSPS) is 11.9. The summed E-state index contributed by atoms with van der Waals surface area (Å²) in [5.74, 6) is -0.0882. The summed E-state index contributed by atoms with van der Waals surface area (Å²) in [5.41, 5.74) is 3.23. The van der Waals surface area contributed by atoms with Crippen molar-refractivity contribution in [2.24, 2.45) is 0 Å². The number of hydrogen-bond acceptors (Lipinski definition) is 1. The van der Waals surface area contributed by atoms with E-state index >= 15 is 0 Å². The number of phenolic OH excluding ortho intramolecular Hbond substituents is 1. The van der Waals surface area contributed by atoms with Gasteiger partial charge in [0.1, 0.15) is 11.6 Å². The van der Waals surface area contributed by atoms with Crippen LogP contribution < -0.4 is 0 Å². The predicted molar refractivity (Wildman–Crippen MR) is 95.8 cm³/mol. The summed E-state index contributed by atoms with van der Waals surface area (Å²) in [4.78, 5) is 0. The molecule has 0 saturated carbocycles. The lowest BCUT2D eigenvalue weighted by Crippen LogP contribution is -1.93. The fraction of sp³-hybridized carbons (Fsp3) is 0. The van der Waals surface area contributed by atoms with Crippen LogP contribution in [0, 0.1) is 5.82 Å². The van der Waals surface area contributed by atoms with Crippen LogP contribution >= 0.6 is 15.9 Å². The molecule has 0 atom stereocenters. The molecule has 0 spiro atoms. The van der Waals surface area contributed by atoms with Crippen LogP contribution in [-0.4, -0.2) is 5.11 Å². The highest BCUT2D eigenvalue weighted by atomic mass is 79.9. The van der Waals surface area contributed by atoms with Crippen molar-refractivity contribution in [3.8, 4) is 5.75 Å². The maximum atomic E-state index is 14.2. The van der Waals surface area contributed by atoms with Crippen LogP contribution in [0.4, 0.5) is 4.39 Å². The Bertz CT molecular complexity index is 839. The summed E-state index contributed by atoms with van der Waals surface area (Å²) in [6.45, 7) is 0. The minimum absolute atomic E-state index is 0.197. The third-order valence-corrected chi connectivity index (χ3v) is 4.37. The molecule has 0 aromatic heterocycles. The lowest BCUT2D eigenvalue weighted by molar-refractivity contribution is 0.475. The quantitative estimate of drug-likeness (QED) is 0.575. The molecule has 1 nitrogen and oxygen atoms in total. The van der Waals surface area contributed by atoms with Gasteiger partial charge in [-0.1, -0.05) is 60.7 Å². The monoisotopic (exact) mass is 368 g/mol. The average Bonchev–Trinajstić information content (AvgIpc) is 2.58. The Morgan fingerprint density at radius 1 is 0.739 bits per heavy atom. The van der Waals surface area contributed by atoms with Gasteiger partial charge in [0.05, 0.1) is 0 Å². The second kappa shape index (κ2) is 6.80. The van der Waals surface area contributed by atoms with E-state index in [4.69, 9.17) is 0 Å². The van der Waals surface area contributed by atoms with E-state index in [1.165, 1.54) is 6.07 Å². The maximum absolute atomic E-state index is 14.2. The van der Waals surface area contributed by atoms with Crippen molar-refractivity contribution < 1.29 is 9.50 Å². The van der Waals surface area contributed by atoms with Gasteiger partial charge in [-0.15, -0.1) is 0 Å². The van der Waals surface area contributed by atoms with Gasteiger partial charge in [0.2, 0.25) is 0 Å². The molecule has 0 radical (unpaired) electrons. The molecule has 3 aromatic carbocycles. The lowest BCUT2D eigenvalue weighted by atomic mass is 9.95. The first-order valence-corrected chi connectivity index (χ1v) is 7.95.